The Balaban J connectivity index is 1.72. The lowest BCUT2D eigenvalue weighted by molar-refractivity contribution is 0.140. The summed E-state index contributed by atoms with van der Waals surface area (Å²) in [6.07, 6.45) is 3.83. The van der Waals surface area contributed by atoms with Crippen molar-refractivity contribution in [1.82, 2.24) is 10.1 Å². The van der Waals surface area contributed by atoms with Gasteiger partial charge in [0.1, 0.15) is 0 Å². The van der Waals surface area contributed by atoms with Crippen LogP contribution in [0.1, 0.15) is 18.7 Å². The van der Waals surface area contributed by atoms with E-state index in [0.717, 1.165) is 12.8 Å². The number of aromatic nitrogens is 2. The number of aliphatic hydroxyl groups is 1. The van der Waals surface area contributed by atoms with Crippen LogP contribution in [0.3, 0.4) is 0 Å². The third kappa shape index (κ3) is 1.86. The van der Waals surface area contributed by atoms with Crippen molar-refractivity contribution < 1.29 is 14.0 Å². The van der Waals surface area contributed by atoms with E-state index >= 15 is 0 Å². The maximum absolute atomic E-state index is 9.73. The van der Waals surface area contributed by atoms with E-state index in [2.05, 4.69) is 10.1 Å². The number of rotatable bonds is 4. The Morgan fingerprint density at radius 1 is 1.50 bits per heavy atom. The van der Waals surface area contributed by atoms with Gasteiger partial charge in [0.05, 0.1) is 18.8 Å². The summed E-state index contributed by atoms with van der Waals surface area (Å²) in [5.41, 5.74) is 0. The Hall–Kier alpha value is -1.62. The number of aliphatic hydroxyl groups excluding tert-OH is 1. The van der Waals surface area contributed by atoms with Gasteiger partial charge in [-0.25, -0.2) is 0 Å². The molecule has 1 aliphatic rings. The predicted molar refractivity (Wildman–Crippen MR) is 54.4 cm³/mol. The number of furan rings is 1. The van der Waals surface area contributed by atoms with Gasteiger partial charge in [0.2, 0.25) is 11.7 Å². The standard InChI is InChI=1S/C11H12N2O3/c14-8(7-3-4-7)6-10-12-11(13-16-10)9-2-1-5-15-9/h1-2,5,7-8,14H,3-4,6H2. The van der Waals surface area contributed by atoms with Gasteiger partial charge in [0.25, 0.3) is 0 Å². The first-order chi connectivity index (χ1) is 7.83. The van der Waals surface area contributed by atoms with Crippen LogP contribution in [0.2, 0.25) is 0 Å². The van der Waals surface area contributed by atoms with Crippen LogP contribution in [0.5, 0.6) is 0 Å². The Morgan fingerprint density at radius 3 is 3.06 bits per heavy atom. The van der Waals surface area contributed by atoms with Crippen molar-refractivity contribution in [1.29, 1.82) is 0 Å². The maximum atomic E-state index is 9.73. The quantitative estimate of drug-likeness (QED) is 0.848. The van der Waals surface area contributed by atoms with Crippen LogP contribution in [-0.2, 0) is 6.42 Å². The molecule has 1 fully saturated rings. The lowest BCUT2D eigenvalue weighted by atomic mass is 10.2. The van der Waals surface area contributed by atoms with Gasteiger partial charge < -0.3 is 14.0 Å². The first-order valence-corrected chi connectivity index (χ1v) is 5.37. The van der Waals surface area contributed by atoms with Gasteiger partial charge in [-0.3, -0.25) is 0 Å². The van der Waals surface area contributed by atoms with E-state index in [0.29, 0.717) is 29.8 Å². The molecule has 5 heteroatoms. The molecule has 2 heterocycles. The number of nitrogens with zero attached hydrogens (tertiary/aromatic N) is 2. The van der Waals surface area contributed by atoms with E-state index in [4.69, 9.17) is 8.94 Å². The normalized spacial score (nSPS) is 17.6. The third-order valence-electron chi connectivity index (χ3n) is 2.76. The topological polar surface area (TPSA) is 72.3 Å². The monoisotopic (exact) mass is 220 g/mol. The highest BCUT2D eigenvalue weighted by Crippen LogP contribution is 2.33. The van der Waals surface area contributed by atoms with Gasteiger partial charge in [-0.1, -0.05) is 5.16 Å². The minimum atomic E-state index is -0.357. The minimum absolute atomic E-state index is 0.357. The zero-order valence-electron chi connectivity index (χ0n) is 8.67. The summed E-state index contributed by atoms with van der Waals surface area (Å²) in [6.45, 7) is 0. The molecule has 1 unspecified atom stereocenters. The molecule has 0 spiro atoms. The average Bonchev–Trinajstić information content (AvgIpc) is 2.80. The molecule has 0 aromatic carbocycles. The Labute approximate surface area is 92.1 Å². The molecule has 0 aliphatic heterocycles. The molecule has 84 valence electrons. The second-order valence-electron chi connectivity index (χ2n) is 4.10. The minimum Gasteiger partial charge on any atom is -0.461 e. The van der Waals surface area contributed by atoms with Crippen molar-refractivity contribution in [2.45, 2.75) is 25.4 Å². The van der Waals surface area contributed by atoms with Crippen LogP contribution in [0.15, 0.2) is 27.3 Å². The van der Waals surface area contributed by atoms with Crippen LogP contribution in [0.25, 0.3) is 11.6 Å². The zero-order valence-corrected chi connectivity index (χ0v) is 8.67. The second-order valence-corrected chi connectivity index (χ2v) is 4.10. The van der Waals surface area contributed by atoms with Crippen molar-refractivity contribution in [3.8, 4) is 11.6 Å². The van der Waals surface area contributed by atoms with Crippen molar-refractivity contribution in [2.75, 3.05) is 0 Å². The van der Waals surface area contributed by atoms with Gasteiger partial charge in [-0.15, -0.1) is 0 Å². The molecule has 16 heavy (non-hydrogen) atoms. The van der Waals surface area contributed by atoms with Gasteiger partial charge in [0.15, 0.2) is 5.76 Å². The third-order valence-corrected chi connectivity index (χ3v) is 2.76. The lowest BCUT2D eigenvalue weighted by Gasteiger charge is -2.03. The summed E-state index contributed by atoms with van der Waals surface area (Å²) >= 11 is 0. The van der Waals surface area contributed by atoms with Crippen molar-refractivity contribution in [3.05, 3.63) is 24.3 Å². The van der Waals surface area contributed by atoms with E-state index in [9.17, 15) is 5.11 Å². The van der Waals surface area contributed by atoms with Gasteiger partial charge in [0, 0.05) is 0 Å². The summed E-state index contributed by atoms with van der Waals surface area (Å²) in [5.74, 6) is 1.89. The molecule has 2 aromatic rings. The van der Waals surface area contributed by atoms with Crippen LogP contribution in [0.4, 0.5) is 0 Å². The van der Waals surface area contributed by atoms with Crippen molar-refractivity contribution in [3.63, 3.8) is 0 Å². The highest BCUT2D eigenvalue weighted by atomic mass is 16.5. The molecule has 0 bridgehead atoms. The molecule has 0 saturated heterocycles. The fraction of sp³-hybridized carbons (Fsp3) is 0.455. The van der Waals surface area contributed by atoms with E-state index in [1.165, 1.54) is 0 Å². The Kier molecular flexibility index (Phi) is 2.25. The predicted octanol–water partition coefficient (Wildman–Crippen LogP) is 1.64. The molecule has 1 N–H and O–H groups in total. The Morgan fingerprint density at radius 2 is 2.38 bits per heavy atom. The molecular weight excluding hydrogens is 208 g/mol. The molecular formula is C11H12N2O3. The largest absolute Gasteiger partial charge is 0.461 e. The molecule has 0 radical (unpaired) electrons. The fourth-order valence-electron chi connectivity index (χ4n) is 1.67. The van der Waals surface area contributed by atoms with Crippen molar-refractivity contribution >= 4 is 0 Å². The van der Waals surface area contributed by atoms with Crippen LogP contribution < -0.4 is 0 Å². The first kappa shape index (κ1) is 9.59. The van der Waals surface area contributed by atoms with Crippen molar-refractivity contribution in [2.24, 2.45) is 5.92 Å². The second kappa shape index (κ2) is 3.75. The SMILES string of the molecule is OC(Cc1nc(-c2ccco2)no1)C1CC1. The first-order valence-electron chi connectivity index (χ1n) is 5.37. The van der Waals surface area contributed by atoms with Gasteiger partial charge >= 0.3 is 0 Å². The summed E-state index contributed by atoms with van der Waals surface area (Å²) in [6, 6.07) is 3.54. The fourth-order valence-corrected chi connectivity index (χ4v) is 1.67. The van der Waals surface area contributed by atoms with E-state index in [1.54, 1.807) is 18.4 Å². The number of hydrogen-bond donors (Lipinski definition) is 1. The molecule has 1 aliphatic carbocycles. The molecule has 3 rings (SSSR count). The molecule has 0 amide bonds. The van der Waals surface area contributed by atoms with E-state index in [1.807, 2.05) is 0 Å². The molecule has 1 saturated carbocycles. The highest BCUT2D eigenvalue weighted by Gasteiger charge is 2.31. The van der Waals surface area contributed by atoms with Crippen LogP contribution in [0, 0.1) is 5.92 Å². The summed E-state index contributed by atoms with van der Waals surface area (Å²) in [7, 11) is 0. The highest BCUT2D eigenvalue weighted by molar-refractivity contribution is 5.44. The molecule has 2 aromatic heterocycles. The van der Waals surface area contributed by atoms with E-state index < -0.39 is 0 Å². The molecule has 1 atom stereocenters. The zero-order chi connectivity index (χ0) is 11.0. The van der Waals surface area contributed by atoms with E-state index in [-0.39, 0.29) is 6.10 Å². The summed E-state index contributed by atoms with van der Waals surface area (Å²) in [4.78, 5) is 4.17. The average molecular weight is 220 g/mol. The molecule has 5 nitrogen and oxygen atoms in total. The summed E-state index contributed by atoms with van der Waals surface area (Å²) < 4.78 is 10.2. The van der Waals surface area contributed by atoms with Crippen LogP contribution in [-0.4, -0.2) is 21.4 Å². The Bertz CT molecular complexity index is 459. The van der Waals surface area contributed by atoms with Crippen LogP contribution >= 0.6 is 0 Å². The maximum Gasteiger partial charge on any atom is 0.238 e. The lowest BCUT2D eigenvalue weighted by Crippen LogP contribution is -2.12. The summed E-state index contributed by atoms with van der Waals surface area (Å²) in [5, 5.41) is 13.5. The number of hydrogen-bond acceptors (Lipinski definition) is 5. The van der Waals surface area contributed by atoms with Gasteiger partial charge in [-0.2, -0.15) is 4.98 Å². The van der Waals surface area contributed by atoms with Gasteiger partial charge in [-0.05, 0) is 30.9 Å². The smallest absolute Gasteiger partial charge is 0.238 e.